The number of aromatic nitrogens is 1. The predicted octanol–water partition coefficient (Wildman–Crippen LogP) is 2.99. The first-order valence-corrected chi connectivity index (χ1v) is 7.05. The molecule has 0 spiro atoms. The van der Waals surface area contributed by atoms with Gasteiger partial charge < -0.3 is 4.74 Å². The second-order valence-corrected chi connectivity index (χ2v) is 5.41. The lowest BCUT2D eigenvalue weighted by Crippen LogP contribution is -2.04. The largest absolute Gasteiger partial charge is 0.468 e. The normalized spacial score (nSPS) is 10.3. The maximum atomic E-state index is 11.2. The molecule has 1 aromatic carbocycles. The van der Waals surface area contributed by atoms with Crippen LogP contribution in [0.4, 0.5) is 0 Å². The van der Waals surface area contributed by atoms with Crippen LogP contribution in [-0.2, 0) is 9.53 Å². The van der Waals surface area contributed by atoms with Crippen LogP contribution < -0.4 is 0 Å². The van der Waals surface area contributed by atoms with Crippen molar-refractivity contribution in [2.45, 2.75) is 18.9 Å². The Morgan fingerprint density at radius 3 is 2.70 bits per heavy atom. The molecule has 2 aromatic rings. The van der Waals surface area contributed by atoms with Crippen LogP contribution in [0.1, 0.15) is 16.7 Å². The fourth-order valence-corrected chi connectivity index (χ4v) is 2.59. The molecule has 0 aliphatic carbocycles. The summed E-state index contributed by atoms with van der Waals surface area (Å²) >= 11 is 1.22. The standard InChI is InChI=1S/C15H14N2O2S/c1-9-4-11-6-12(7-16)15(20-8-14(18)19-3)17-13(11)5-10(9)2/h4-6H,8H2,1-3H3. The Balaban J connectivity index is 2.46. The number of nitriles is 1. The van der Waals surface area contributed by atoms with Gasteiger partial charge in [0.05, 0.1) is 23.9 Å². The third-order valence-corrected chi connectivity index (χ3v) is 4.03. The molecule has 0 amide bonds. The fraction of sp³-hybridized carbons (Fsp3) is 0.267. The van der Waals surface area contributed by atoms with E-state index >= 15 is 0 Å². The minimum atomic E-state index is -0.333. The molecule has 0 saturated heterocycles. The lowest BCUT2D eigenvalue weighted by Gasteiger charge is -2.07. The van der Waals surface area contributed by atoms with Gasteiger partial charge in [0.1, 0.15) is 11.1 Å². The first-order valence-electron chi connectivity index (χ1n) is 6.07. The SMILES string of the molecule is COC(=O)CSc1nc2cc(C)c(C)cc2cc1C#N. The molecule has 1 heterocycles. The maximum absolute atomic E-state index is 11.2. The molecule has 0 aliphatic heterocycles. The Kier molecular flexibility index (Phi) is 4.26. The van der Waals surface area contributed by atoms with Gasteiger partial charge in [-0.1, -0.05) is 11.8 Å². The first kappa shape index (κ1) is 14.4. The minimum absolute atomic E-state index is 0.147. The van der Waals surface area contributed by atoms with Crippen LogP contribution in [0.25, 0.3) is 10.9 Å². The number of aryl methyl sites for hydroxylation is 2. The van der Waals surface area contributed by atoms with E-state index in [1.807, 2.05) is 32.0 Å². The highest BCUT2D eigenvalue weighted by molar-refractivity contribution is 7.99. The molecule has 1 aromatic heterocycles. The topological polar surface area (TPSA) is 63.0 Å². The third-order valence-electron chi connectivity index (χ3n) is 3.07. The zero-order chi connectivity index (χ0) is 14.7. The second kappa shape index (κ2) is 5.93. The van der Waals surface area contributed by atoms with Crippen LogP contribution in [0.2, 0.25) is 0 Å². The van der Waals surface area contributed by atoms with Gasteiger partial charge in [-0.25, -0.2) is 4.98 Å². The molecule has 0 aliphatic rings. The molecule has 5 heteroatoms. The van der Waals surface area contributed by atoms with Gasteiger partial charge >= 0.3 is 5.97 Å². The summed E-state index contributed by atoms with van der Waals surface area (Å²) in [4.78, 5) is 15.7. The summed E-state index contributed by atoms with van der Waals surface area (Å²) in [5.74, 6) is -0.185. The number of carbonyl (C=O) groups is 1. The number of ether oxygens (including phenoxy) is 1. The Hall–Kier alpha value is -2.06. The maximum Gasteiger partial charge on any atom is 0.316 e. The monoisotopic (exact) mass is 286 g/mol. The summed E-state index contributed by atoms with van der Waals surface area (Å²) in [5, 5.41) is 10.7. The summed E-state index contributed by atoms with van der Waals surface area (Å²) < 4.78 is 4.60. The number of hydrogen-bond acceptors (Lipinski definition) is 5. The Morgan fingerprint density at radius 2 is 2.05 bits per heavy atom. The molecule has 0 fully saturated rings. The second-order valence-electron chi connectivity index (χ2n) is 4.45. The number of nitrogens with zero attached hydrogens (tertiary/aromatic N) is 2. The van der Waals surface area contributed by atoms with E-state index in [-0.39, 0.29) is 11.7 Å². The van der Waals surface area contributed by atoms with Gasteiger partial charge in [0.2, 0.25) is 0 Å². The Morgan fingerprint density at radius 1 is 1.35 bits per heavy atom. The molecule has 0 bridgehead atoms. The molecule has 20 heavy (non-hydrogen) atoms. The first-order chi connectivity index (χ1) is 9.55. The van der Waals surface area contributed by atoms with Crippen molar-refractivity contribution in [3.05, 3.63) is 34.9 Å². The minimum Gasteiger partial charge on any atom is -0.468 e. The van der Waals surface area contributed by atoms with E-state index < -0.39 is 0 Å². The van der Waals surface area contributed by atoms with E-state index in [4.69, 9.17) is 0 Å². The average Bonchev–Trinajstić information content (AvgIpc) is 2.45. The van der Waals surface area contributed by atoms with E-state index in [1.54, 1.807) is 0 Å². The van der Waals surface area contributed by atoms with Crippen molar-refractivity contribution in [2.24, 2.45) is 0 Å². The quantitative estimate of drug-likeness (QED) is 0.641. The van der Waals surface area contributed by atoms with Gasteiger partial charge in [-0.05, 0) is 43.2 Å². The van der Waals surface area contributed by atoms with E-state index in [0.717, 1.165) is 22.0 Å². The van der Waals surface area contributed by atoms with Crippen molar-refractivity contribution in [1.82, 2.24) is 4.98 Å². The van der Waals surface area contributed by atoms with Crippen LogP contribution >= 0.6 is 11.8 Å². The molecular formula is C15H14N2O2S. The smallest absolute Gasteiger partial charge is 0.316 e. The number of hydrogen-bond donors (Lipinski definition) is 0. The van der Waals surface area contributed by atoms with Crippen molar-refractivity contribution < 1.29 is 9.53 Å². The summed E-state index contributed by atoms with van der Waals surface area (Å²) in [5.41, 5.74) is 3.63. The van der Waals surface area contributed by atoms with E-state index in [1.165, 1.54) is 18.9 Å². The van der Waals surface area contributed by atoms with Crippen molar-refractivity contribution >= 4 is 28.6 Å². The van der Waals surface area contributed by atoms with Crippen LogP contribution in [0.15, 0.2) is 23.2 Å². The van der Waals surface area contributed by atoms with Gasteiger partial charge in [0, 0.05) is 5.39 Å². The molecule has 0 saturated carbocycles. The van der Waals surface area contributed by atoms with Crippen molar-refractivity contribution in [3.63, 3.8) is 0 Å². The number of pyridine rings is 1. The highest BCUT2D eigenvalue weighted by Gasteiger charge is 2.11. The van der Waals surface area contributed by atoms with Crippen LogP contribution in [0, 0.1) is 25.2 Å². The molecular weight excluding hydrogens is 272 g/mol. The van der Waals surface area contributed by atoms with Crippen LogP contribution in [0.3, 0.4) is 0 Å². The number of esters is 1. The van der Waals surface area contributed by atoms with Crippen molar-refractivity contribution in [1.29, 1.82) is 5.26 Å². The fourth-order valence-electron chi connectivity index (χ4n) is 1.80. The summed E-state index contributed by atoms with van der Waals surface area (Å²) in [7, 11) is 1.34. The van der Waals surface area contributed by atoms with Gasteiger partial charge in [-0.15, -0.1) is 0 Å². The van der Waals surface area contributed by atoms with Crippen molar-refractivity contribution in [3.8, 4) is 6.07 Å². The molecule has 0 radical (unpaired) electrons. The van der Waals surface area contributed by atoms with Crippen molar-refractivity contribution in [2.75, 3.05) is 12.9 Å². The van der Waals surface area contributed by atoms with Gasteiger partial charge in [0.25, 0.3) is 0 Å². The van der Waals surface area contributed by atoms with Gasteiger partial charge in [0.15, 0.2) is 0 Å². The third kappa shape index (κ3) is 2.91. The predicted molar refractivity (Wildman–Crippen MR) is 78.7 cm³/mol. The lowest BCUT2D eigenvalue weighted by atomic mass is 10.1. The molecule has 0 unspecified atom stereocenters. The highest BCUT2D eigenvalue weighted by atomic mass is 32.2. The van der Waals surface area contributed by atoms with Gasteiger partial charge in [-0.3, -0.25) is 4.79 Å². The van der Waals surface area contributed by atoms with Crippen LogP contribution in [-0.4, -0.2) is 23.8 Å². The Labute approximate surface area is 121 Å². The molecule has 4 nitrogen and oxygen atoms in total. The number of benzene rings is 1. The molecule has 0 N–H and O–H groups in total. The Bertz CT molecular complexity index is 720. The molecule has 2 rings (SSSR count). The summed E-state index contributed by atoms with van der Waals surface area (Å²) in [6.07, 6.45) is 0. The number of rotatable bonds is 3. The number of carbonyl (C=O) groups excluding carboxylic acids is 1. The summed E-state index contributed by atoms with van der Waals surface area (Å²) in [6.45, 7) is 4.05. The molecule has 102 valence electrons. The van der Waals surface area contributed by atoms with E-state index in [2.05, 4.69) is 15.8 Å². The lowest BCUT2D eigenvalue weighted by molar-refractivity contribution is -0.137. The highest BCUT2D eigenvalue weighted by Crippen LogP contribution is 2.26. The van der Waals surface area contributed by atoms with Crippen LogP contribution in [0.5, 0.6) is 0 Å². The zero-order valence-electron chi connectivity index (χ0n) is 11.6. The zero-order valence-corrected chi connectivity index (χ0v) is 12.4. The number of thioether (sulfide) groups is 1. The average molecular weight is 286 g/mol. The van der Waals surface area contributed by atoms with E-state index in [9.17, 15) is 10.1 Å². The number of methoxy groups -OCH3 is 1. The summed E-state index contributed by atoms with van der Waals surface area (Å²) in [6, 6.07) is 7.96. The number of fused-ring (bicyclic) bond motifs is 1. The molecule has 0 atom stereocenters. The van der Waals surface area contributed by atoms with Gasteiger partial charge in [-0.2, -0.15) is 5.26 Å². The van der Waals surface area contributed by atoms with E-state index in [0.29, 0.717) is 10.6 Å².